The predicted octanol–water partition coefficient (Wildman–Crippen LogP) is 2.33. The molecular weight excluding hydrogens is 328 g/mol. The van der Waals surface area contributed by atoms with Crippen molar-refractivity contribution in [3.05, 3.63) is 32.8 Å². The van der Waals surface area contributed by atoms with Crippen molar-refractivity contribution in [1.29, 1.82) is 0 Å². The lowest BCUT2D eigenvalue weighted by Gasteiger charge is -2.33. The number of aliphatic hydroxyl groups excluding tert-OH is 1. The first-order valence-corrected chi connectivity index (χ1v) is 7.32. The number of halogens is 1. The molecule has 110 valence electrons. The summed E-state index contributed by atoms with van der Waals surface area (Å²) < 4.78 is 6.20. The van der Waals surface area contributed by atoms with Gasteiger partial charge in [0.25, 0.3) is 5.69 Å². The van der Waals surface area contributed by atoms with Gasteiger partial charge in [-0.1, -0.05) is 15.9 Å². The van der Waals surface area contributed by atoms with Gasteiger partial charge in [0.05, 0.1) is 24.2 Å². The van der Waals surface area contributed by atoms with Crippen LogP contribution < -0.4 is 4.90 Å². The number of benzene rings is 1. The molecule has 0 spiro atoms. The van der Waals surface area contributed by atoms with Crippen molar-refractivity contribution in [2.45, 2.75) is 18.9 Å². The van der Waals surface area contributed by atoms with Crippen LogP contribution in [0.4, 0.5) is 11.4 Å². The average Bonchev–Trinajstić information content (AvgIpc) is 2.45. The highest BCUT2D eigenvalue weighted by Gasteiger charge is 2.25. The molecule has 6 nitrogen and oxygen atoms in total. The van der Waals surface area contributed by atoms with Crippen molar-refractivity contribution in [3.8, 4) is 0 Å². The van der Waals surface area contributed by atoms with Gasteiger partial charge in [0.2, 0.25) is 0 Å². The summed E-state index contributed by atoms with van der Waals surface area (Å²) >= 11 is 3.26. The molecule has 1 aliphatic heterocycles. The fourth-order valence-electron chi connectivity index (χ4n) is 2.39. The van der Waals surface area contributed by atoms with Gasteiger partial charge >= 0.3 is 0 Å². The van der Waals surface area contributed by atoms with Gasteiger partial charge in [-0.3, -0.25) is 10.1 Å². The Kier molecular flexibility index (Phi) is 5.33. The van der Waals surface area contributed by atoms with Crippen LogP contribution in [0.25, 0.3) is 0 Å². The second-order valence-corrected chi connectivity index (χ2v) is 5.59. The third-order valence-corrected chi connectivity index (χ3v) is 3.85. The summed E-state index contributed by atoms with van der Waals surface area (Å²) in [7, 11) is 0. The van der Waals surface area contributed by atoms with E-state index in [-0.39, 0.29) is 23.3 Å². The van der Waals surface area contributed by atoms with E-state index in [0.717, 1.165) is 25.9 Å². The molecule has 1 aromatic rings. The molecule has 0 saturated carbocycles. The Morgan fingerprint density at radius 2 is 2.15 bits per heavy atom. The molecule has 1 aliphatic rings. The molecule has 2 rings (SSSR count). The molecule has 0 aliphatic carbocycles. The molecule has 20 heavy (non-hydrogen) atoms. The highest BCUT2D eigenvalue weighted by atomic mass is 79.9. The van der Waals surface area contributed by atoms with Crippen molar-refractivity contribution in [3.63, 3.8) is 0 Å². The van der Waals surface area contributed by atoms with Gasteiger partial charge in [0.15, 0.2) is 0 Å². The number of nitro benzene ring substituents is 1. The lowest BCUT2D eigenvalue weighted by atomic mass is 10.1. The molecule has 1 N–H and O–H groups in total. The Labute approximate surface area is 125 Å². The van der Waals surface area contributed by atoms with E-state index in [0.29, 0.717) is 16.8 Å². The standard InChI is InChI=1S/C13H17BrN2O4/c14-10-1-2-12(13(9-10)16(18)19)15-5-3-11(4-6-15)20-8-7-17/h1-2,9,11,17H,3-8H2. The minimum absolute atomic E-state index is 0.0262. The maximum Gasteiger partial charge on any atom is 0.293 e. The summed E-state index contributed by atoms with van der Waals surface area (Å²) in [6.07, 6.45) is 1.76. The van der Waals surface area contributed by atoms with Crippen LogP contribution in [0.15, 0.2) is 22.7 Å². The quantitative estimate of drug-likeness (QED) is 0.655. The number of hydrogen-bond acceptors (Lipinski definition) is 5. The first kappa shape index (κ1) is 15.2. The Bertz CT molecular complexity index is 475. The largest absolute Gasteiger partial charge is 0.394 e. The Morgan fingerprint density at radius 3 is 2.75 bits per heavy atom. The molecule has 1 fully saturated rings. The zero-order chi connectivity index (χ0) is 14.5. The maximum absolute atomic E-state index is 11.1. The molecule has 0 unspecified atom stereocenters. The summed E-state index contributed by atoms with van der Waals surface area (Å²) in [5.41, 5.74) is 0.771. The van der Waals surface area contributed by atoms with Crippen LogP contribution in [-0.2, 0) is 4.74 Å². The minimum atomic E-state index is -0.353. The second-order valence-electron chi connectivity index (χ2n) is 4.67. The van der Waals surface area contributed by atoms with Crippen molar-refractivity contribution < 1.29 is 14.8 Å². The third kappa shape index (κ3) is 3.68. The van der Waals surface area contributed by atoms with E-state index in [1.165, 1.54) is 6.07 Å². The van der Waals surface area contributed by atoms with Gasteiger partial charge in [-0.05, 0) is 25.0 Å². The van der Waals surface area contributed by atoms with Gasteiger partial charge in [-0.25, -0.2) is 0 Å². The number of ether oxygens (including phenoxy) is 1. The van der Waals surface area contributed by atoms with Gasteiger partial charge in [-0.15, -0.1) is 0 Å². The summed E-state index contributed by atoms with van der Waals surface area (Å²) in [6.45, 7) is 1.82. The molecule has 1 heterocycles. The molecule has 0 atom stereocenters. The topological polar surface area (TPSA) is 75.8 Å². The van der Waals surface area contributed by atoms with E-state index < -0.39 is 0 Å². The number of nitro groups is 1. The van der Waals surface area contributed by atoms with Crippen molar-refractivity contribution in [2.75, 3.05) is 31.2 Å². The van der Waals surface area contributed by atoms with E-state index in [9.17, 15) is 10.1 Å². The summed E-state index contributed by atoms with van der Waals surface area (Å²) in [5.74, 6) is 0. The second kappa shape index (κ2) is 7.01. The Balaban J connectivity index is 2.05. The van der Waals surface area contributed by atoms with E-state index in [4.69, 9.17) is 9.84 Å². The van der Waals surface area contributed by atoms with Crippen LogP contribution in [0.2, 0.25) is 0 Å². The van der Waals surface area contributed by atoms with Crippen LogP contribution in [0.5, 0.6) is 0 Å². The zero-order valence-electron chi connectivity index (χ0n) is 11.0. The molecule has 0 aromatic heterocycles. The minimum Gasteiger partial charge on any atom is -0.394 e. The fraction of sp³-hybridized carbons (Fsp3) is 0.538. The number of rotatable bonds is 5. The van der Waals surface area contributed by atoms with Crippen molar-refractivity contribution >= 4 is 27.3 Å². The summed E-state index contributed by atoms with van der Waals surface area (Å²) in [5, 5.41) is 19.9. The van der Waals surface area contributed by atoms with Crippen LogP contribution in [0.1, 0.15) is 12.8 Å². The number of hydrogen-bond donors (Lipinski definition) is 1. The number of anilines is 1. The molecule has 0 radical (unpaired) electrons. The molecule has 0 bridgehead atoms. The monoisotopic (exact) mass is 344 g/mol. The van der Waals surface area contributed by atoms with Crippen LogP contribution in [0, 0.1) is 10.1 Å². The van der Waals surface area contributed by atoms with Crippen molar-refractivity contribution in [2.24, 2.45) is 0 Å². The summed E-state index contributed by atoms with van der Waals surface area (Å²) in [4.78, 5) is 12.8. The van der Waals surface area contributed by atoms with Crippen LogP contribution in [-0.4, -0.2) is 42.4 Å². The van der Waals surface area contributed by atoms with Crippen LogP contribution in [0.3, 0.4) is 0 Å². The average molecular weight is 345 g/mol. The van der Waals surface area contributed by atoms with Crippen molar-refractivity contribution in [1.82, 2.24) is 0 Å². The van der Waals surface area contributed by atoms with E-state index in [1.807, 2.05) is 11.0 Å². The first-order chi connectivity index (χ1) is 9.61. The maximum atomic E-state index is 11.1. The Hall–Kier alpha value is -1.18. The van der Waals surface area contributed by atoms with E-state index in [2.05, 4.69) is 15.9 Å². The third-order valence-electron chi connectivity index (χ3n) is 3.36. The van der Waals surface area contributed by atoms with Gasteiger partial charge in [0, 0.05) is 23.6 Å². The number of piperidine rings is 1. The lowest BCUT2D eigenvalue weighted by molar-refractivity contribution is -0.384. The van der Waals surface area contributed by atoms with Gasteiger partial charge < -0.3 is 14.7 Å². The van der Waals surface area contributed by atoms with Gasteiger partial charge in [0.1, 0.15) is 5.69 Å². The smallest absolute Gasteiger partial charge is 0.293 e. The molecule has 7 heteroatoms. The highest BCUT2D eigenvalue weighted by Crippen LogP contribution is 2.33. The fourth-order valence-corrected chi connectivity index (χ4v) is 2.74. The highest BCUT2D eigenvalue weighted by molar-refractivity contribution is 9.10. The molecule has 1 saturated heterocycles. The zero-order valence-corrected chi connectivity index (χ0v) is 12.6. The van der Waals surface area contributed by atoms with E-state index >= 15 is 0 Å². The molecule has 1 aromatic carbocycles. The van der Waals surface area contributed by atoms with E-state index in [1.54, 1.807) is 6.07 Å². The van der Waals surface area contributed by atoms with Gasteiger partial charge in [-0.2, -0.15) is 0 Å². The molecule has 0 amide bonds. The SMILES string of the molecule is O=[N+]([O-])c1cc(Br)ccc1N1CCC(OCCO)CC1. The predicted molar refractivity (Wildman–Crippen MR) is 79.1 cm³/mol. The normalized spacial score (nSPS) is 16.4. The first-order valence-electron chi connectivity index (χ1n) is 6.53. The number of aliphatic hydroxyl groups is 1. The molecular formula is C13H17BrN2O4. The lowest BCUT2D eigenvalue weighted by Crippen LogP contribution is -2.37. The summed E-state index contributed by atoms with van der Waals surface area (Å²) in [6, 6.07) is 5.12. The Morgan fingerprint density at radius 1 is 1.45 bits per heavy atom. The number of nitrogens with zero attached hydrogens (tertiary/aromatic N) is 2. The van der Waals surface area contributed by atoms with Crippen LogP contribution >= 0.6 is 15.9 Å².